The summed E-state index contributed by atoms with van der Waals surface area (Å²) >= 11 is 0. The fourth-order valence-corrected chi connectivity index (χ4v) is 4.02. The summed E-state index contributed by atoms with van der Waals surface area (Å²) in [5.41, 5.74) is 0. The third-order valence-electron chi connectivity index (χ3n) is 2.54. The zero-order chi connectivity index (χ0) is 8.48. The second-order valence-electron chi connectivity index (χ2n) is 3.74. The normalized spacial score (nSPS) is 44.8. The Morgan fingerprint density at radius 1 is 1.64 bits per heavy atom. The highest BCUT2D eigenvalue weighted by Crippen LogP contribution is 2.49. The van der Waals surface area contributed by atoms with Gasteiger partial charge >= 0.3 is 0 Å². The molecule has 1 heterocycles. The predicted molar refractivity (Wildman–Crippen MR) is 49.4 cm³/mol. The molecule has 62 valence electrons. The lowest BCUT2D eigenvalue weighted by atomic mass is 9.94. The molecule has 0 amide bonds. The van der Waals surface area contributed by atoms with Crippen LogP contribution in [-0.2, 0) is 4.57 Å². The van der Waals surface area contributed by atoms with Gasteiger partial charge in [0.1, 0.15) is 0 Å². The Kier molecular flexibility index (Phi) is 2.45. The standard InChI is InChI=1S/C9H15OP/c1-4-9-7-11(3,10)6-5-8(9)2/h1,8-9H,5-7H2,2-3H3/t8?,9-,11?/m0/s1. The Labute approximate surface area is 68.9 Å². The van der Waals surface area contributed by atoms with Gasteiger partial charge in [-0.15, -0.1) is 12.3 Å². The van der Waals surface area contributed by atoms with E-state index < -0.39 is 7.14 Å². The number of hydrogen-bond acceptors (Lipinski definition) is 1. The third-order valence-corrected chi connectivity index (χ3v) is 4.91. The number of rotatable bonds is 0. The summed E-state index contributed by atoms with van der Waals surface area (Å²) in [6, 6.07) is 0. The molecule has 11 heavy (non-hydrogen) atoms. The third kappa shape index (κ3) is 2.11. The molecule has 0 N–H and O–H groups in total. The van der Waals surface area contributed by atoms with Crippen LogP contribution in [0.25, 0.3) is 0 Å². The molecule has 0 radical (unpaired) electrons. The summed E-state index contributed by atoms with van der Waals surface area (Å²) in [6.07, 6.45) is 8.05. The Morgan fingerprint density at radius 3 is 2.73 bits per heavy atom. The highest BCUT2D eigenvalue weighted by molar-refractivity contribution is 7.63. The molecular weight excluding hydrogens is 155 g/mol. The van der Waals surface area contributed by atoms with E-state index in [1.807, 2.05) is 6.66 Å². The molecular formula is C9H15OP. The van der Waals surface area contributed by atoms with Gasteiger partial charge in [0.25, 0.3) is 0 Å². The van der Waals surface area contributed by atoms with Gasteiger partial charge in [0.05, 0.1) is 7.14 Å². The molecule has 1 saturated heterocycles. The van der Waals surface area contributed by atoms with E-state index in [4.69, 9.17) is 6.42 Å². The SMILES string of the molecule is C#C[C@H]1CP(C)(=O)CCC1C. The van der Waals surface area contributed by atoms with Crippen LogP contribution in [0.2, 0.25) is 0 Å². The molecule has 1 nitrogen and oxygen atoms in total. The van der Waals surface area contributed by atoms with E-state index in [0.29, 0.717) is 5.92 Å². The van der Waals surface area contributed by atoms with Gasteiger partial charge in [0.2, 0.25) is 0 Å². The van der Waals surface area contributed by atoms with Crippen LogP contribution < -0.4 is 0 Å². The summed E-state index contributed by atoms with van der Waals surface area (Å²) in [6.45, 7) is 4.03. The van der Waals surface area contributed by atoms with Crippen LogP contribution in [0, 0.1) is 24.2 Å². The molecule has 1 fully saturated rings. The zero-order valence-corrected chi connectivity index (χ0v) is 8.10. The van der Waals surface area contributed by atoms with Crippen molar-refractivity contribution < 1.29 is 4.57 Å². The summed E-state index contributed by atoms with van der Waals surface area (Å²) in [7, 11) is -1.84. The second kappa shape index (κ2) is 3.03. The van der Waals surface area contributed by atoms with E-state index in [-0.39, 0.29) is 5.92 Å². The van der Waals surface area contributed by atoms with Crippen molar-refractivity contribution in [2.24, 2.45) is 11.8 Å². The van der Waals surface area contributed by atoms with Crippen molar-refractivity contribution in [3.63, 3.8) is 0 Å². The minimum Gasteiger partial charge on any atom is -0.324 e. The van der Waals surface area contributed by atoms with E-state index in [2.05, 4.69) is 12.8 Å². The van der Waals surface area contributed by atoms with E-state index in [0.717, 1.165) is 18.7 Å². The van der Waals surface area contributed by atoms with Crippen LogP contribution >= 0.6 is 7.14 Å². The predicted octanol–water partition coefficient (Wildman–Crippen LogP) is 2.27. The Hall–Kier alpha value is -0.210. The summed E-state index contributed by atoms with van der Waals surface area (Å²) in [4.78, 5) is 0. The minimum atomic E-state index is -1.84. The highest BCUT2D eigenvalue weighted by Gasteiger charge is 2.30. The summed E-state index contributed by atoms with van der Waals surface area (Å²) < 4.78 is 11.7. The molecule has 1 aliphatic rings. The van der Waals surface area contributed by atoms with E-state index >= 15 is 0 Å². The summed E-state index contributed by atoms with van der Waals surface area (Å²) in [5.74, 6) is 3.57. The number of terminal acetylenes is 1. The topological polar surface area (TPSA) is 17.1 Å². The van der Waals surface area contributed by atoms with Crippen molar-refractivity contribution in [3.8, 4) is 12.3 Å². The molecule has 1 aliphatic heterocycles. The Balaban J connectivity index is 2.68. The van der Waals surface area contributed by atoms with Crippen LogP contribution in [-0.4, -0.2) is 19.0 Å². The van der Waals surface area contributed by atoms with Crippen molar-refractivity contribution in [2.45, 2.75) is 13.3 Å². The zero-order valence-electron chi connectivity index (χ0n) is 7.21. The second-order valence-corrected chi connectivity index (χ2v) is 7.15. The van der Waals surface area contributed by atoms with Gasteiger partial charge < -0.3 is 4.57 Å². The van der Waals surface area contributed by atoms with Crippen molar-refractivity contribution in [3.05, 3.63) is 0 Å². The van der Waals surface area contributed by atoms with Crippen LogP contribution in [0.1, 0.15) is 13.3 Å². The highest BCUT2D eigenvalue weighted by atomic mass is 31.2. The molecule has 2 unspecified atom stereocenters. The van der Waals surface area contributed by atoms with Gasteiger partial charge in [0, 0.05) is 18.2 Å². The minimum absolute atomic E-state index is 0.264. The van der Waals surface area contributed by atoms with Gasteiger partial charge in [-0.1, -0.05) is 6.92 Å². The first kappa shape index (κ1) is 8.88. The Morgan fingerprint density at radius 2 is 2.27 bits per heavy atom. The van der Waals surface area contributed by atoms with Crippen LogP contribution in [0.3, 0.4) is 0 Å². The molecule has 3 atom stereocenters. The van der Waals surface area contributed by atoms with Gasteiger partial charge in [-0.3, -0.25) is 0 Å². The van der Waals surface area contributed by atoms with Gasteiger partial charge in [-0.25, -0.2) is 0 Å². The van der Waals surface area contributed by atoms with Crippen LogP contribution in [0.5, 0.6) is 0 Å². The summed E-state index contributed by atoms with van der Waals surface area (Å²) in [5, 5.41) is 0. The Bertz CT molecular complexity index is 226. The smallest absolute Gasteiger partial charge is 0.0860 e. The maximum Gasteiger partial charge on any atom is 0.0860 e. The number of hydrogen-bond donors (Lipinski definition) is 0. The first-order valence-corrected chi connectivity index (χ1v) is 6.59. The van der Waals surface area contributed by atoms with Gasteiger partial charge in [-0.2, -0.15) is 0 Å². The fourth-order valence-electron chi connectivity index (χ4n) is 1.58. The fraction of sp³-hybridized carbons (Fsp3) is 0.778. The van der Waals surface area contributed by atoms with Gasteiger partial charge in [-0.05, 0) is 19.0 Å². The van der Waals surface area contributed by atoms with Crippen LogP contribution in [0.15, 0.2) is 0 Å². The molecule has 0 spiro atoms. The monoisotopic (exact) mass is 170 g/mol. The molecule has 0 aliphatic carbocycles. The average Bonchev–Trinajstić information content (AvgIpc) is 1.94. The van der Waals surface area contributed by atoms with E-state index in [9.17, 15) is 4.57 Å². The average molecular weight is 170 g/mol. The molecule has 0 aromatic carbocycles. The van der Waals surface area contributed by atoms with Crippen molar-refractivity contribution >= 4 is 7.14 Å². The molecule has 0 aromatic heterocycles. The lowest BCUT2D eigenvalue weighted by molar-refractivity contribution is 0.433. The van der Waals surface area contributed by atoms with Crippen LogP contribution in [0.4, 0.5) is 0 Å². The van der Waals surface area contributed by atoms with Crippen molar-refractivity contribution in [1.29, 1.82) is 0 Å². The molecule has 1 rings (SSSR count). The lowest BCUT2D eigenvalue weighted by Crippen LogP contribution is -2.21. The first-order chi connectivity index (χ1) is 5.05. The molecule has 0 aromatic rings. The maximum atomic E-state index is 11.7. The van der Waals surface area contributed by atoms with E-state index in [1.54, 1.807) is 0 Å². The molecule has 0 saturated carbocycles. The maximum absolute atomic E-state index is 11.7. The van der Waals surface area contributed by atoms with E-state index in [1.165, 1.54) is 0 Å². The molecule has 0 bridgehead atoms. The molecule has 2 heteroatoms. The lowest BCUT2D eigenvalue weighted by Gasteiger charge is -2.29. The van der Waals surface area contributed by atoms with Crippen molar-refractivity contribution in [1.82, 2.24) is 0 Å². The van der Waals surface area contributed by atoms with Gasteiger partial charge in [0.15, 0.2) is 0 Å². The quantitative estimate of drug-likeness (QED) is 0.402. The first-order valence-electron chi connectivity index (χ1n) is 4.07. The van der Waals surface area contributed by atoms with Crippen molar-refractivity contribution in [2.75, 3.05) is 19.0 Å². The largest absolute Gasteiger partial charge is 0.324 e.